The minimum absolute atomic E-state index is 0.0129. The van der Waals surface area contributed by atoms with Crippen molar-refractivity contribution in [1.82, 2.24) is 20.1 Å². The summed E-state index contributed by atoms with van der Waals surface area (Å²) in [5, 5.41) is 12.7. The van der Waals surface area contributed by atoms with E-state index < -0.39 is 17.4 Å². The molecule has 0 bridgehead atoms. The highest BCUT2D eigenvalue weighted by Crippen LogP contribution is 2.46. The van der Waals surface area contributed by atoms with Crippen LogP contribution in [-0.4, -0.2) is 82.2 Å². The van der Waals surface area contributed by atoms with Crippen molar-refractivity contribution in [2.75, 3.05) is 36.8 Å². The summed E-state index contributed by atoms with van der Waals surface area (Å²) in [6.45, 7) is 9.54. The van der Waals surface area contributed by atoms with Crippen LogP contribution in [0.5, 0.6) is 0 Å². The standard InChI is InChI=1S/C44H46N6O5S/c1-4-27-22-30-32(44(2,3)41-39(40(30)53)29-13-12-26(24-45)21-33(29)46-41)23-35(27)48-16-18-49(19-17-48)38(52)11-6-5-7-20-56-36-10-8-9-28-31(36)25-50(43(28)55)34-14-15-37(51)47-42(34)54/h8-10,12-13,21-23,34,46H,4-7,11,14-20,25H2,1-3H3,(H,47,51,54). The number of carbonyl (C=O) groups is 5. The predicted molar refractivity (Wildman–Crippen MR) is 215 cm³/mol. The molecule has 3 aliphatic heterocycles. The molecule has 8 rings (SSSR count). The van der Waals surface area contributed by atoms with Crippen molar-refractivity contribution < 1.29 is 24.0 Å². The van der Waals surface area contributed by atoms with Gasteiger partial charge in [0.2, 0.25) is 17.7 Å². The van der Waals surface area contributed by atoms with Crippen molar-refractivity contribution in [2.45, 2.75) is 88.6 Å². The number of nitrogens with zero attached hydrogens (tertiary/aromatic N) is 4. The molecule has 288 valence electrons. The second kappa shape index (κ2) is 14.9. The highest BCUT2D eigenvalue weighted by Gasteiger charge is 2.42. The number of H-pyrrole nitrogens is 1. The first-order chi connectivity index (χ1) is 27.0. The minimum Gasteiger partial charge on any atom is -0.368 e. The van der Waals surface area contributed by atoms with Gasteiger partial charge in [-0.1, -0.05) is 39.3 Å². The smallest absolute Gasteiger partial charge is 0.255 e. The molecule has 2 fully saturated rings. The Kier molecular flexibility index (Phi) is 9.99. The van der Waals surface area contributed by atoms with E-state index in [1.807, 2.05) is 35.2 Å². The largest absolute Gasteiger partial charge is 0.368 e. The summed E-state index contributed by atoms with van der Waals surface area (Å²) in [4.78, 5) is 75.0. The van der Waals surface area contributed by atoms with E-state index in [1.165, 1.54) is 0 Å². The Balaban J connectivity index is 0.837. The zero-order valence-corrected chi connectivity index (χ0v) is 32.9. The zero-order chi connectivity index (χ0) is 39.3. The fourth-order valence-corrected chi connectivity index (χ4v) is 10.0. The minimum atomic E-state index is -0.625. The van der Waals surface area contributed by atoms with E-state index >= 15 is 0 Å². The van der Waals surface area contributed by atoms with Crippen LogP contribution in [0.1, 0.15) is 114 Å². The summed E-state index contributed by atoms with van der Waals surface area (Å²) in [6.07, 6.45) is 4.56. The van der Waals surface area contributed by atoms with Gasteiger partial charge in [-0.15, -0.1) is 11.8 Å². The molecule has 1 aromatic heterocycles. The van der Waals surface area contributed by atoms with Crippen molar-refractivity contribution in [3.05, 3.63) is 93.2 Å². The number of amides is 4. The lowest BCUT2D eigenvalue weighted by atomic mass is 9.70. The highest BCUT2D eigenvalue weighted by atomic mass is 32.2. The van der Waals surface area contributed by atoms with Gasteiger partial charge in [-0.2, -0.15) is 5.26 Å². The van der Waals surface area contributed by atoms with Gasteiger partial charge < -0.3 is 19.7 Å². The molecule has 1 atom stereocenters. The number of thioether (sulfide) groups is 1. The summed E-state index contributed by atoms with van der Waals surface area (Å²) in [7, 11) is 0. The number of hydrogen-bond donors (Lipinski definition) is 2. The fourth-order valence-electron chi connectivity index (χ4n) is 8.94. The molecule has 0 spiro atoms. The number of anilines is 1. The number of rotatable bonds is 10. The number of aromatic nitrogens is 1. The normalized spacial score (nSPS) is 18.8. The summed E-state index contributed by atoms with van der Waals surface area (Å²) < 4.78 is 0. The summed E-state index contributed by atoms with van der Waals surface area (Å²) in [5.41, 5.74) is 8.01. The molecule has 2 N–H and O–H groups in total. The maximum atomic E-state index is 14.1. The Hall–Kier alpha value is -5.41. The molecule has 1 aliphatic carbocycles. The second-order valence-corrected chi connectivity index (χ2v) is 16.9. The molecule has 2 saturated heterocycles. The second-order valence-electron chi connectivity index (χ2n) is 15.8. The summed E-state index contributed by atoms with van der Waals surface area (Å²) in [5.74, 6) is 0.203. The van der Waals surface area contributed by atoms with Gasteiger partial charge >= 0.3 is 0 Å². The molecule has 12 heteroatoms. The van der Waals surface area contributed by atoms with E-state index in [0.717, 1.165) is 94.0 Å². The molecule has 4 amide bonds. The average molecular weight is 771 g/mol. The van der Waals surface area contributed by atoms with E-state index in [-0.39, 0.29) is 29.9 Å². The lowest BCUT2D eigenvalue weighted by Gasteiger charge is -2.39. The van der Waals surface area contributed by atoms with Crippen LogP contribution >= 0.6 is 11.8 Å². The highest BCUT2D eigenvalue weighted by molar-refractivity contribution is 7.99. The zero-order valence-electron chi connectivity index (χ0n) is 32.1. The van der Waals surface area contributed by atoms with Crippen LogP contribution < -0.4 is 10.2 Å². The number of benzene rings is 3. The summed E-state index contributed by atoms with van der Waals surface area (Å²) in [6, 6.07) is 17.0. The monoisotopic (exact) mass is 770 g/mol. The SMILES string of the molecule is CCc1cc2c(cc1N1CCN(C(=O)CCCCCSc3cccc4c3CN(C3CCC(=O)NC3=O)C4=O)CC1)C(C)(C)c1[nH]c3cc(C#N)ccc3c1C2=O. The van der Waals surface area contributed by atoms with Crippen LogP contribution in [-0.2, 0) is 32.8 Å². The number of ketones is 1. The van der Waals surface area contributed by atoms with Crippen LogP contribution in [0.15, 0.2) is 53.4 Å². The van der Waals surface area contributed by atoms with Crippen LogP contribution in [0, 0.1) is 11.3 Å². The van der Waals surface area contributed by atoms with Gasteiger partial charge in [0, 0.05) is 89.3 Å². The number of aryl methyl sites for hydroxylation is 1. The van der Waals surface area contributed by atoms with Gasteiger partial charge in [0.25, 0.3) is 5.91 Å². The lowest BCUT2D eigenvalue weighted by molar-refractivity contribution is -0.137. The number of piperazine rings is 1. The van der Waals surface area contributed by atoms with E-state index in [9.17, 15) is 29.2 Å². The van der Waals surface area contributed by atoms with Crippen LogP contribution in [0.25, 0.3) is 10.9 Å². The van der Waals surface area contributed by atoms with Gasteiger partial charge in [0.05, 0.1) is 17.2 Å². The first-order valence-corrected chi connectivity index (χ1v) is 20.7. The first-order valence-electron chi connectivity index (χ1n) is 19.7. The van der Waals surface area contributed by atoms with E-state index in [0.29, 0.717) is 49.2 Å². The van der Waals surface area contributed by atoms with Crippen LogP contribution in [0.2, 0.25) is 0 Å². The predicted octanol–water partition coefficient (Wildman–Crippen LogP) is 6.23. The third kappa shape index (κ3) is 6.55. The molecule has 3 aromatic carbocycles. The number of nitrogens with one attached hydrogen (secondary N) is 2. The third-order valence-corrected chi connectivity index (χ3v) is 13.3. The molecule has 0 saturated carbocycles. The Labute approximate surface area is 330 Å². The number of carbonyl (C=O) groups excluding carboxylic acids is 5. The molecular weight excluding hydrogens is 725 g/mol. The number of hydrogen-bond acceptors (Lipinski definition) is 8. The molecule has 1 unspecified atom stereocenters. The fraction of sp³-hybridized carbons (Fsp3) is 0.409. The van der Waals surface area contributed by atoms with Crippen molar-refractivity contribution >= 4 is 57.8 Å². The van der Waals surface area contributed by atoms with Gasteiger partial charge in [-0.25, -0.2) is 0 Å². The maximum absolute atomic E-state index is 14.1. The Morgan fingerprint density at radius 2 is 1.79 bits per heavy atom. The van der Waals surface area contributed by atoms with Crippen LogP contribution in [0.3, 0.4) is 0 Å². The van der Waals surface area contributed by atoms with E-state index in [2.05, 4.69) is 54.2 Å². The number of imide groups is 1. The number of aromatic amines is 1. The molecule has 0 radical (unpaired) electrons. The Morgan fingerprint density at radius 3 is 2.54 bits per heavy atom. The van der Waals surface area contributed by atoms with E-state index in [1.54, 1.807) is 22.7 Å². The summed E-state index contributed by atoms with van der Waals surface area (Å²) >= 11 is 1.71. The van der Waals surface area contributed by atoms with Crippen molar-refractivity contribution in [3.63, 3.8) is 0 Å². The van der Waals surface area contributed by atoms with Gasteiger partial charge in [-0.05, 0) is 84.5 Å². The van der Waals surface area contributed by atoms with Crippen molar-refractivity contribution in [2.24, 2.45) is 0 Å². The average Bonchev–Trinajstić information content (AvgIpc) is 3.76. The topological polar surface area (TPSA) is 147 Å². The Morgan fingerprint density at radius 1 is 0.982 bits per heavy atom. The molecule has 4 aromatic rings. The van der Waals surface area contributed by atoms with Crippen molar-refractivity contribution in [3.8, 4) is 6.07 Å². The van der Waals surface area contributed by atoms with Crippen LogP contribution in [0.4, 0.5) is 5.69 Å². The Bertz CT molecular complexity index is 2350. The molecule has 11 nitrogen and oxygen atoms in total. The molecule has 56 heavy (non-hydrogen) atoms. The quantitative estimate of drug-likeness (QED) is 0.110. The molecular formula is C44H46N6O5S. The van der Waals surface area contributed by atoms with Gasteiger partial charge in [0.1, 0.15) is 6.04 Å². The number of piperidine rings is 1. The van der Waals surface area contributed by atoms with Crippen molar-refractivity contribution in [1.29, 1.82) is 5.26 Å². The number of fused-ring (bicyclic) bond motifs is 5. The van der Waals surface area contributed by atoms with E-state index in [4.69, 9.17) is 0 Å². The van der Waals surface area contributed by atoms with Gasteiger partial charge in [-0.3, -0.25) is 29.3 Å². The maximum Gasteiger partial charge on any atom is 0.255 e. The molecule has 4 heterocycles. The number of nitriles is 1. The molecule has 4 aliphatic rings. The third-order valence-electron chi connectivity index (χ3n) is 12.1. The number of unbranched alkanes of at least 4 members (excludes halogenated alkanes) is 2. The van der Waals surface area contributed by atoms with Gasteiger partial charge in [0.15, 0.2) is 5.78 Å². The first kappa shape index (κ1) is 37.5. The lowest BCUT2D eigenvalue weighted by Crippen LogP contribution is -2.52.